The van der Waals surface area contributed by atoms with E-state index in [1.54, 1.807) is 0 Å². The maximum Gasteiger partial charge on any atom is 0.264 e. The first kappa shape index (κ1) is 8.96. The second-order valence-electron chi connectivity index (χ2n) is 3.12. The fourth-order valence-electron chi connectivity index (χ4n) is 0.757. The summed E-state index contributed by atoms with van der Waals surface area (Å²) in [5.41, 5.74) is -0.247. The van der Waals surface area contributed by atoms with Crippen LogP contribution in [0.1, 0.15) is 12.8 Å². The van der Waals surface area contributed by atoms with Crippen LogP contribution in [0.5, 0.6) is 0 Å². The summed E-state index contributed by atoms with van der Waals surface area (Å²) in [5, 5.41) is 8.78. The third kappa shape index (κ3) is 2.76. The summed E-state index contributed by atoms with van der Waals surface area (Å²) in [5.74, 6) is 0. The van der Waals surface area contributed by atoms with Gasteiger partial charge in [-0.2, -0.15) is 8.42 Å². The maximum atomic E-state index is 10.5. The van der Waals surface area contributed by atoms with E-state index >= 15 is 0 Å². The molecule has 66 valence electrons. The molecule has 1 rings (SSSR count). The van der Waals surface area contributed by atoms with Crippen molar-refractivity contribution in [3.8, 4) is 0 Å². The Morgan fingerprint density at radius 1 is 1.55 bits per heavy atom. The fourth-order valence-corrected chi connectivity index (χ4v) is 1.22. The molecule has 1 N–H and O–H groups in total. The van der Waals surface area contributed by atoms with E-state index in [-0.39, 0.29) is 18.6 Å². The van der Waals surface area contributed by atoms with Gasteiger partial charge in [-0.15, -0.1) is 0 Å². The summed E-state index contributed by atoms with van der Waals surface area (Å²) < 4.78 is 25.6. The third-order valence-electron chi connectivity index (χ3n) is 1.87. The Morgan fingerprint density at radius 2 is 2.09 bits per heavy atom. The monoisotopic (exact) mass is 180 g/mol. The number of aliphatic hydroxyl groups excluding tert-OH is 1. The molecule has 0 atom stereocenters. The van der Waals surface area contributed by atoms with Crippen molar-refractivity contribution in [3.05, 3.63) is 0 Å². The summed E-state index contributed by atoms with van der Waals surface area (Å²) in [6.07, 6.45) is 2.73. The maximum absolute atomic E-state index is 10.5. The molecule has 0 amide bonds. The van der Waals surface area contributed by atoms with Crippen LogP contribution in [-0.2, 0) is 14.3 Å². The van der Waals surface area contributed by atoms with Gasteiger partial charge in [0, 0.05) is 5.41 Å². The summed E-state index contributed by atoms with van der Waals surface area (Å²) in [6.45, 7) is 0.144. The van der Waals surface area contributed by atoms with Gasteiger partial charge < -0.3 is 5.11 Å². The molecule has 0 spiro atoms. The van der Waals surface area contributed by atoms with Crippen LogP contribution in [0.2, 0.25) is 0 Å². The Kier molecular flexibility index (Phi) is 2.22. The van der Waals surface area contributed by atoms with Crippen molar-refractivity contribution in [2.24, 2.45) is 5.41 Å². The highest BCUT2D eigenvalue weighted by Gasteiger charge is 2.43. The molecule has 5 heteroatoms. The Balaban J connectivity index is 2.33. The average molecular weight is 180 g/mol. The summed E-state index contributed by atoms with van der Waals surface area (Å²) in [6, 6.07) is 0. The van der Waals surface area contributed by atoms with Crippen molar-refractivity contribution in [1.29, 1.82) is 0 Å². The lowest BCUT2D eigenvalue weighted by Gasteiger charge is -2.09. The van der Waals surface area contributed by atoms with Crippen molar-refractivity contribution in [1.82, 2.24) is 0 Å². The third-order valence-corrected chi connectivity index (χ3v) is 2.42. The van der Waals surface area contributed by atoms with Gasteiger partial charge in [0.1, 0.15) is 0 Å². The molecular weight excluding hydrogens is 168 g/mol. The van der Waals surface area contributed by atoms with E-state index in [4.69, 9.17) is 5.11 Å². The van der Waals surface area contributed by atoms with Gasteiger partial charge in [0.25, 0.3) is 10.1 Å². The van der Waals surface area contributed by atoms with Crippen molar-refractivity contribution in [2.45, 2.75) is 12.8 Å². The van der Waals surface area contributed by atoms with Crippen LogP contribution in [-0.4, -0.2) is 33.0 Å². The summed E-state index contributed by atoms with van der Waals surface area (Å²) in [7, 11) is -3.34. The minimum absolute atomic E-state index is 0.0164. The van der Waals surface area contributed by atoms with Gasteiger partial charge in [-0.3, -0.25) is 4.18 Å². The minimum Gasteiger partial charge on any atom is -0.396 e. The average Bonchev–Trinajstić information content (AvgIpc) is 2.63. The van der Waals surface area contributed by atoms with Crippen molar-refractivity contribution in [2.75, 3.05) is 19.5 Å². The van der Waals surface area contributed by atoms with Crippen LogP contribution in [0.3, 0.4) is 0 Å². The van der Waals surface area contributed by atoms with E-state index in [0.717, 1.165) is 19.1 Å². The Morgan fingerprint density at radius 3 is 2.36 bits per heavy atom. The molecule has 1 aliphatic carbocycles. The van der Waals surface area contributed by atoms with Crippen molar-refractivity contribution in [3.63, 3.8) is 0 Å². The van der Waals surface area contributed by atoms with E-state index in [0.29, 0.717) is 0 Å². The molecule has 0 aromatic heterocycles. The van der Waals surface area contributed by atoms with Crippen molar-refractivity contribution < 1.29 is 17.7 Å². The van der Waals surface area contributed by atoms with Crippen LogP contribution in [0.15, 0.2) is 0 Å². The zero-order valence-corrected chi connectivity index (χ0v) is 7.23. The predicted molar refractivity (Wildman–Crippen MR) is 39.5 cm³/mol. The van der Waals surface area contributed by atoms with Gasteiger partial charge in [-0.1, -0.05) is 0 Å². The highest BCUT2D eigenvalue weighted by Crippen LogP contribution is 2.45. The van der Waals surface area contributed by atoms with Crippen LogP contribution < -0.4 is 0 Å². The largest absolute Gasteiger partial charge is 0.396 e. The van der Waals surface area contributed by atoms with E-state index in [1.807, 2.05) is 0 Å². The van der Waals surface area contributed by atoms with Crippen LogP contribution >= 0.6 is 0 Å². The first-order chi connectivity index (χ1) is 4.97. The van der Waals surface area contributed by atoms with Crippen molar-refractivity contribution >= 4 is 10.1 Å². The second-order valence-corrected chi connectivity index (χ2v) is 4.77. The number of aliphatic hydroxyl groups is 1. The highest BCUT2D eigenvalue weighted by atomic mass is 32.2. The highest BCUT2D eigenvalue weighted by molar-refractivity contribution is 7.85. The normalized spacial score (nSPS) is 21.6. The molecule has 0 saturated heterocycles. The number of rotatable bonds is 4. The van der Waals surface area contributed by atoms with Gasteiger partial charge in [0.05, 0.1) is 19.5 Å². The SMILES string of the molecule is CS(=O)(=O)OCC1(CO)CC1. The molecule has 0 bridgehead atoms. The fraction of sp³-hybridized carbons (Fsp3) is 1.00. The standard InChI is InChI=1S/C6H12O4S/c1-11(8,9)10-5-6(4-7)2-3-6/h7H,2-5H2,1H3. The molecule has 1 aliphatic rings. The lowest BCUT2D eigenvalue weighted by Crippen LogP contribution is -2.17. The van der Waals surface area contributed by atoms with Gasteiger partial charge in [-0.25, -0.2) is 0 Å². The molecule has 0 aromatic rings. The smallest absolute Gasteiger partial charge is 0.264 e. The molecule has 0 heterocycles. The molecule has 1 fully saturated rings. The first-order valence-corrected chi connectivity index (χ1v) is 5.24. The van der Waals surface area contributed by atoms with E-state index in [1.165, 1.54) is 0 Å². The van der Waals surface area contributed by atoms with Gasteiger partial charge >= 0.3 is 0 Å². The Bertz CT molecular complexity index is 227. The summed E-state index contributed by atoms with van der Waals surface area (Å²) in [4.78, 5) is 0. The molecule has 0 aromatic carbocycles. The first-order valence-electron chi connectivity index (χ1n) is 3.43. The number of hydrogen-bond donors (Lipinski definition) is 1. The quantitative estimate of drug-likeness (QED) is 0.605. The lowest BCUT2D eigenvalue weighted by atomic mass is 10.1. The topological polar surface area (TPSA) is 63.6 Å². The Labute approximate surface area is 66.3 Å². The molecule has 0 unspecified atom stereocenters. The van der Waals surface area contributed by atoms with E-state index < -0.39 is 10.1 Å². The molecule has 1 saturated carbocycles. The molecule has 4 nitrogen and oxygen atoms in total. The summed E-state index contributed by atoms with van der Waals surface area (Å²) >= 11 is 0. The molecule has 11 heavy (non-hydrogen) atoms. The van der Waals surface area contributed by atoms with Crippen LogP contribution in [0, 0.1) is 5.41 Å². The van der Waals surface area contributed by atoms with Crippen LogP contribution in [0.4, 0.5) is 0 Å². The van der Waals surface area contributed by atoms with Crippen LogP contribution in [0.25, 0.3) is 0 Å². The second kappa shape index (κ2) is 2.73. The van der Waals surface area contributed by atoms with Gasteiger partial charge in [0.2, 0.25) is 0 Å². The van der Waals surface area contributed by atoms with E-state index in [9.17, 15) is 8.42 Å². The predicted octanol–water partition coefficient (Wildman–Crippen LogP) is -0.265. The molecule has 0 aliphatic heterocycles. The minimum atomic E-state index is -3.34. The van der Waals surface area contributed by atoms with Gasteiger partial charge in [0.15, 0.2) is 0 Å². The number of hydrogen-bond acceptors (Lipinski definition) is 4. The zero-order chi connectivity index (χ0) is 8.54. The van der Waals surface area contributed by atoms with Gasteiger partial charge in [-0.05, 0) is 12.8 Å². The Hall–Kier alpha value is -0.130. The lowest BCUT2D eigenvalue weighted by molar-refractivity contribution is 0.151. The molecular formula is C6H12O4S. The zero-order valence-electron chi connectivity index (χ0n) is 6.41. The van der Waals surface area contributed by atoms with E-state index in [2.05, 4.69) is 4.18 Å². The molecule has 0 radical (unpaired) electrons.